The summed E-state index contributed by atoms with van der Waals surface area (Å²) < 4.78 is 7.17. The van der Waals surface area contributed by atoms with E-state index in [4.69, 9.17) is 4.74 Å². The highest BCUT2D eigenvalue weighted by atomic mass is 16.5. The third kappa shape index (κ3) is 4.64. The lowest BCUT2D eigenvalue weighted by molar-refractivity contribution is -0.120. The van der Waals surface area contributed by atoms with Gasteiger partial charge in [-0.3, -0.25) is 9.78 Å². The third-order valence-corrected chi connectivity index (χ3v) is 5.00. The summed E-state index contributed by atoms with van der Waals surface area (Å²) in [7, 11) is 0. The van der Waals surface area contributed by atoms with E-state index >= 15 is 0 Å². The highest BCUT2D eigenvalue weighted by Crippen LogP contribution is 2.26. The summed E-state index contributed by atoms with van der Waals surface area (Å²) in [4.78, 5) is 28.7. The molecule has 6 heteroatoms. The molecule has 0 saturated carbocycles. The zero-order valence-electron chi connectivity index (χ0n) is 17.2. The first kappa shape index (κ1) is 20.3. The van der Waals surface area contributed by atoms with Gasteiger partial charge >= 0.3 is 5.97 Å². The number of fused-ring (bicyclic) bond motifs is 1. The summed E-state index contributed by atoms with van der Waals surface area (Å²) in [6, 6.07) is 19.3. The van der Waals surface area contributed by atoms with Crippen molar-refractivity contribution in [1.29, 1.82) is 0 Å². The fraction of sp³-hybridized carbons (Fsp3) is 0.160. The van der Waals surface area contributed by atoms with Crippen LogP contribution in [0.15, 0.2) is 79.3 Å². The molecular weight excluding hydrogens is 390 g/mol. The van der Waals surface area contributed by atoms with E-state index < -0.39 is 0 Å². The quantitative estimate of drug-likeness (QED) is 0.464. The lowest BCUT2D eigenvalue weighted by Gasteiger charge is -2.08. The topological polar surface area (TPSA) is 73.2 Å². The van der Waals surface area contributed by atoms with Crippen molar-refractivity contribution >= 4 is 22.8 Å². The van der Waals surface area contributed by atoms with Crippen molar-refractivity contribution in [2.45, 2.75) is 19.9 Å². The first-order valence-electron chi connectivity index (χ1n) is 10.2. The van der Waals surface area contributed by atoms with E-state index in [2.05, 4.69) is 10.3 Å². The number of hydrogen-bond donors (Lipinski definition) is 1. The van der Waals surface area contributed by atoms with Crippen LogP contribution in [-0.2, 0) is 22.5 Å². The summed E-state index contributed by atoms with van der Waals surface area (Å²) in [5.41, 5.74) is 4.24. The molecule has 2 aromatic heterocycles. The molecule has 31 heavy (non-hydrogen) atoms. The minimum atomic E-state index is -0.334. The van der Waals surface area contributed by atoms with Gasteiger partial charge in [0.05, 0.1) is 24.1 Å². The first-order chi connectivity index (χ1) is 15.2. The Labute approximate surface area is 180 Å². The lowest BCUT2D eigenvalue weighted by Crippen LogP contribution is -2.24. The van der Waals surface area contributed by atoms with Gasteiger partial charge in [-0.05, 0) is 42.3 Å². The van der Waals surface area contributed by atoms with Crippen molar-refractivity contribution in [1.82, 2.24) is 14.9 Å². The van der Waals surface area contributed by atoms with Gasteiger partial charge in [0.15, 0.2) is 0 Å². The van der Waals surface area contributed by atoms with E-state index in [-0.39, 0.29) is 11.9 Å². The highest BCUT2D eigenvalue weighted by Gasteiger charge is 2.16. The Hall–Kier alpha value is -3.93. The Kier molecular flexibility index (Phi) is 6.08. The van der Waals surface area contributed by atoms with Crippen LogP contribution >= 0.6 is 0 Å². The number of ether oxygens (including phenoxy) is 1. The molecule has 0 aliphatic rings. The summed E-state index contributed by atoms with van der Waals surface area (Å²) in [6.45, 7) is 2.58. The van der Waals surface area contributed by atoms with Gasteiger partial charge in [-0.25, -0.2) is 4.79 Å². The number of benzene rings is 2. The molecule has 0 atom stereocenters. The van der Waals surface area contributed by atoms with E-state index in [0.29, 0.717) is 25.1 Å². The molecule has 1 amide bonds. The number of nitrogens with zero attached hydrogens (tertiary/aromatic N) is 2. The maximum absolute atomic E-state index is 12.4. The Morgan fingerprint density at radius 3 is 2.55 bits per heavy atom. The number of carbonyl (C=O) groups is 2. The van der Waals surface area contributed by atoms with Crippen molar-refractivity contribution < 1.29 is 14.3 Å². The van der Waals surface area contributed by atoms with Crippen LogP contribution < -0.4 is 5.32 Å². The second kappa shape index (κ2) is 9.26. The second-order valence-corrected chi connectivity index (χ2v) is 7.13. The standard InChI is InChI=1S/C25H23N3O3/c1-2-31-25(30)22-17-28(23-8-4-3-7-21(22)23)20-11-9-18(10-12-20)14-24(29)27-16-19-6-5-13-26-15-19/h3-13,15,17H,2,14,16H2,1H3,(H,27,29). The molecule has 0 radical (unpaired) electrons. The van der Waals surface area contributed by atoms with Crippen molar-refractivity contribution in [2.75, 3.05) is 6.61 Å². The third-order valence-electron chi connectivity index (χ3n) is 5.00. The number of hydrogen-bond acceptors (Lipinski definition) is 4. The molecule has 156 valence electrons. The average molecular weight is 413 g/mol. The molecule has 0 unspecified atom stereocenters. The van der Waals surface area contributed by atoms with Gasteiger partial charge in [-0.1, -0.05) is 36.4 Å². The highest BCUT2D eigenvalue weighted by molar-refractivity contribution is 6.04. The molecular formula is C25H23N3O3. The van der Waals surface area contributed by atoms with Crippen molar-refractivity contribution in [3.8, 4) is 5.69 Å². The number of carbonyl (C=O) groups excluding carboxylic acids is 2. The zero-order valence-corrected chi connectivity index (χ0v) is 17.2. The van der Waals surface area contributed by atoms with Crippen molar-refractivity contribution in [2.24, 2.45) is 0 Å². The van der Waals surface area contributed by atoms with E-state index in [9.17, 15) is 9.59 Å². The van der Waals surface area contributed by atoms with Gasteiger partial charge in [-0.15, -0.1) is 0 Å². The minimum Gasteiger partial charge on any atom is -0.462 e. The predicted octanol–water partition coefficient (Wildman–Crippen LogP) is 4.06. The zero-order chi connectivity index (χ0) is 21.6. The van der Waals surface area contributed by atoms with Gasteiger partial charge in [0.1, 0.15) is 0 Å². The number of aromatic nitrogens is 2. The van der Waals surface area contributed by atoms with Crippen molar-refractivity contribution in [3.05, 3.63) is 95.9 Å². The van der Waals surface area contributed by atoms with E-state index in [1.807, 2.05) is 65.2 Å². The number of pyridine rings is 1. The maximum Gasteiger partial charge on any atom is 0.340 e. The Morgan fingerprint density at radius 1 is 1.00 bits per heavy atom. The molecule has 4 aromatic rings. The fourth-order valence-corrected chi connectivity index (χ4v) is 3.49. The van der Waals surface area contributed by atoms with Gasteiger partial charge in [0, 0.05) is 36.2 Å². The van der Waals surface area contributed by atoms with Crippen LogP contribution in [-0.4, -0.2) is 28.0 Å². The summed E-state index contributed by atoms with van der Waals surface area (Å²) in [5.74, 6) is -0.382. The normalized spacial score (nSPS) is 10.7. The minimum absolute atomic E-state index is 0.0485. The number of amides is 1. The lowest BCUT2D eigenvalue weighted by atomic mass is 10.1. The van der Waals surface area contributed by atoms with Gasteiger partial charge < -0.3 is 14.6 Å². The number of para-hydroxylation sites is 1. The van der Waals surface area contributed by atoms with E-state index in [0.717, 1.165) is 27.7 Å². The summed E-state index contributed by atoms with van der Waals surface area (Å²) in [5, 5.41) is 3.76. The van der Waals surface area contributed by atoms with E-state index in [1.165, 1.54) is 0 Å². The Morgan fingerprint density at radius 2 is 1.81 bits per heavy atom. The van der Waals surface area contributed by atoms with E-state index in [1.54, 1.807) is 25.5 Å². The van der Waals surface area contributed by atoms with Crippen LogP contribution in [0.3, 0.4) is 0 Å². The second-order valence-electron chi connectivity index (χ2n) is 7.13. The van der Waals surface area contributed by atoms with Crippen LogP contribution in [0.25, 0.3) is 16.6 Å². The number of rotatable bonds is 7. The van der Waals surface area contributed by atoms with Crippen molar-refractivity contribution in [3.63, 3.8) is 0 Å². The summed E-state index contributed by atoms with van der Waals surface area (Å²) in [6.07, 6.45) is 5.54. The van der Waals surface area contributed by atoms with Crippen LogP contribution in [0.1, 0.15) is 28.4 Å². The van der Waals surface area contributed by atoms with Crippen LogP contribution in [0.2, 0.25) is 0 Å². The molecule has 0 bridgehead atoms. The number of esters is 1. The van der Waals surface area contributed by atoms with Crippen LogP contribution in [0.4, 0.5) is 0 Å². The molecule has 1 N–H and O–H groups in total. The monoisotopic (exact) mass is 413 g/mol. The predicted molar refractivity (Wildman–Crippen MR) is 119 cm³/mol. The molecule has 0 saturated heterocycles. The van der Waals surface area contributed by atoms with Crippen LogP contribution in [0.5, 0.6) is 0 Å². The number of nitrogens with one attached hydrogen (secondary N) is 1. The molecule has 0 aliphatic carbocycles. The molecule has 0 fully saturated rings. The first-order valence-corrected chi connectivity index (χ1v) is 10.2. The average Bonchev–Trinajstić information content (AvgIpc) is 3.19. The molecule has 6 nitrogen and oxygen atoms in total. The largest absolute Gasteiger partial charge is 0.462 e. The van der Waals surface area contributed by atoms with Crippen LogP contribution in [0, 0.1) is 0 Å². The molecule has 4 rings (SSSR count). The molecule has 2 aromatic carbocycles. The Balaban J connectivity index is 1.50. The molecule has 0 spiro atoms. The smallest absolute Gasteiger partial charge is 0.340 e. The van der Waals surface area contributed by atoms with Gasteiger partial charge in [0.25, 0.3) is 0 Å². The molecule has 0 aliphatic heterocycles. The maximum atomic E-state index is 12.4. The fourth-order valence-electron chi connectivity index (χ4n) is 3.49. The SMILES string of the molecule is CCOC(=O)c1cn(-c2ccc(CC(=O)NCc3cccnc3)cc2)c2ccccc12. The Bertz CT molecular complexity index is 1200. The summed E-state index contributed by atoms with van der Waals surface area (Å²) >= 11 is 0. The van der Waals surface area contributed by atoms with Gasteiger partial charge in [-0.2, -0.15) is 0 Å². The molecule has 2 heterocycles. The van der Waals surface area contributed by atoms with Gasteiger partial charge in [0.2, 0.25) is 5.91 Å².